The monoisotopic (exact) mass is 349 g/mol. The van der Waals surface area contributed by atoms with Crippen LogP contribution in [-0.4, -0.2) is 28.0 Å². The average Bonchev–Trinajstić information content (AvgIpc) is 2.85. The molecule has 2 aromatic carbocycles. The summed E-state index contributed by atoms with van der Waals surface area (Å²) in [4.78, 5) is 29.0. The van der Waals surface area contributed by atoms with E-state index in [1.165, 1.54) is 6.21 Å². The fourth-order valence-electron chi connectivity index (χ4n) is 2.76. The van der Waals surface area contributed by atoms with Gasteiger partial charge in [-0.25, -0.2) is 4.98 Å². The molecule has 0 aliphatic carbocycles. The van der Waals surface area contributed by atoms with Crippen LogP contribution in [0, 0.1) is 6.92 Å². The van der Waals surface area contributed by atoms with E-state index in [1.54, 1.807) is 24.3 Å². The van der Waals surface area contributed by atoms with Gasteiger partial charge in [0.15, 0.2) is 0 Å². The predicted octanol–water partition coefficient (Wildman–Crippen LogP) is 3.83. The molecule has 0 N–H and O–H groups in total. The molecule has 0 saturated heterocycles. The van der Waals surface area contributed by atoms with Crippen molar-refractivity contribution in [1.29, 1.82) is 0 Å². The van der Waals surface area contributed by atoms with Gasteiger partial charge in [-0.1, -0.05) is 35.9 Å². The van der Waals surface area contributed by atoms with Gasteiger partial charge in [0, 0.05) is 10.9 Å². The number of carbonyl (C=O) groups excluding carboxylic acids is 2. The van der Waals surface area contributed by atoms with Crippen molar-refractivity contribution in [1.82, 2.24) is 9.99 Å². The molecule has 0 spiro atoms. The SMILES string of the molecule is Cc1ccc2cc(/C=N\N3C(=O)c4ccccc4C3=O)c(Cl)nc2c1. The van der Waals surface area contributed by atoms with Gasteiger partial charge in [-0.15, -0.1) is 0 Å². The zero-order valence-electron chi connectivity index (χ0n) is 13.2. The topological polar surface area (TPSA) is 62.6 Å². The van der Waals surface area contributed by atoms with Gasteiger partial charge in [-0.3, -0.25) is 9.59 Å². The summed E-state index contributed by atoms with van der Waals surface area (Å²) in [7, 11) is 0. The third-order valence-electron chi connectivity index (χ3n) is 4.04. The van der Waals surface area contributed by atoms with Crippen LogP contribution in [-0.2, 0) is 0 Å². The molecule has 0 radical (unpaired) electrons. The van der Waals surface area contributed by atoms with Crippen molar-refractivity contribution in [3.05, 3.63) is 75.9 Å². The Morgan fingerprint density at radius 1 is 1.04 bits per heavy atom. The first-order valence-corrected chi connectivity index (χ1v) is 8.01. The van der Waals surface area contributed by atoms with Crippen LogP contribution in [0.15, 0.2) is 53.6 Å². The van der Waals surface area contributed by atoms with Gasteiger partial charge in [-0.2, -0.15) is 10.1 Å². The molecule has 6 heteroatoms. The van der Waals surface area contributed by atoms with E-state index in [2.05, 4.69) is 10.1 Å². The second kappa shape index (κ2) is 5.79. The number of nitrogens with zero attached hydrogens (tertiary/aromatic N) is 3. The summed E-state index contributed by atoms with van der Waals surface area (Å²) >= 11 is 6.21. The summed E-state index contributed by atoms with van der Waals surface area (Å²) in [6.45, 7) is 1.98. The summed E-state index contributed by atoms with van der Waals surface area (Å²) in [6, 6.07) is 14.3. The number of rotatable bonds is 2. The number of amides is 2. The van der Waals surface area contributed by atoms with Gasteiger partial charge in [0.05, 0.1) is 22.9 Å². The number of halogens is 1. The van der Waals surface area contributed by atoms with E-state index in [9.17, 15) is 9.59 Å². The lowest BCUT2D eigenvalue weighted by Crippen LogP contribution is -2.24. The van der Waals surface area contributed by atoms with Crippen molar-refractivity contribution < 1.29 is 9.59 Å². The Bertz CT molecular complexity index is 1040. The lowest BCUT2D eigenvalue weighted by Gasteiger charge is -2.07. The number of pyridine rings is 1. The van der Waals surface area contributed by atoms with Crippen LogP contribution in [0.2, 0.25) is 5.15 Å². The molecule has 1 aliphatic rings. The third kappa shape index (κ3) is 2.58. The van der Waals surface area contributed by atoms with E-state index in [1.807, 2.05) is 31.2 Å². The molecule has 0 bridgehead atoms. The van der Waals surface area contributed by atoms with Crippen LogP contribution < -0.4 is 0 Å². The average molecular weight is 350 g/mol. The van der Waals surface area contributed by atoms with Crippen molar-refractivity contribution in [2.24, 2.45) is 5.10 Å². The molecule has 25 heavy (non-hydrogen) atoms. The Hall–Kier alpha value is -3.05. The lowest BCUT2D eigenvalue weighted by molar-refractivity contribution is 0.0660. The first-order valence-electron chi connectivity index (χ1n) is 7.63. The smallest absolute Gasteiger partial charge is 0.267 e. The van der Waals surface area contributed by atoms with Gasteiger partial charge in [0.25, 0.3) is 11.8 Å². The zero-order valence-corrected chi connectivity index (χ0v) is 14.0. The molecule has 0 saturated carbocycles. The van der Waals surface area contributed by atoms with Crippen LogP contribution in [0.3, 0.4) is 0 Å². The molecule has 4 rings (SSSR count). The fraction of sp³-hybridized carbons (Fsp3) is 0.0526. The minimum absolute atomic E-state index is 0.262. The Morgan fingerprint density at radius 2 is 1.72 bits per heavy atom. The molecule has 0 fully saturated rings. The Morgan fingerprint density at radius 3 is 2.40 bits per heavy atom. The largest absolute Gasteiger partial charge is 0.282 e. The standard InChI is InChI=1S/C19H12ClN3O2/c1-11-6-7-12-9-13(17(20)22-16(12)8-11)10-21-23-18(24)14-4-2-3-5-15(14)19(23)25/h2-10H,1H3/b21-10-. The van der Waals surface area contributed by atoms with Crippen LogP contribution >= 0.6 is 11.6 Å². The quantitative estimate of drug-likeness (QED) is 0.401. The second-order valence-electron chi connectivity index (χ2n) is 5.78. The molecule has 0 unspecified atom stereocenters. The van der Waals surface area contributed by atoms with Crippen molar-refractivity contribution in [2.75, 3.05) is 0 Å². The highest BCUT2D eigenvalue weighted by Gasteiger charge is 2.35. The maximum Gasteiger partial charge on any atom is 0.282 e. The molecule has 2 heterocycles. The van der Waals surface area contributed by atoms with Gasteiger partial charge < -0.3 is 0 Å². The van der Waals surface area contributed by atoms with Crippen molar-refractivity contribution in [3.63, 3.8) is 0 Å². The minimum atomic E-state index is -0.447. The van der Waals surface area contributed by atoms with E-state index in [0.717, 1.165) is 21.5 Å². The fourth-order valence-corrected chi connectivity index (χ4v) is 2.96. The molecule has 1 aromatic heterocycles. The van der Waals surface area contributed by atoms with Gasteiger partial charge in [-0.05, 0) is 36.8 Å². The van der Waals surface area contributed by atoms with E-state index >= 15 is 0 Å². The molecule has 5 nitrogen and oxygen atoms in total. The van der Waals surface area contributed by atoms with Crippen LogP contribution in [0.5, 0.6) is 0 Å². The maximum absolute atomic E-state index is 12.3. The zero-order chi connectivity index (χ0) is 17.6. The third-order valence-corrected chi connectivity index (χ3v) is 4.34. The molecule has 122 valence electrons. The number of benzene rings is 2. The lowest BCUT2D eigenvalue weighted by atomic mass is 10.1. The van der Waals surface area contributed by atoms with Crippen LogP contribution in [0.25, 0.3) is 10.9 Å². The highest BCUT2D eigenvalue weighted by Crippen LogP contribution is 2.24. The van der Waals surface area contributed by atoms with Gasteiger partial charge >= 0.3 is 0 Å². The summed E-state index contributed by atoms with van der Waals surface area (Å²) in [6.07, 6.45) is 1.39. The number of fused-ring (bicyclic) bond motifs is 2. The number of hydrogen-bond donors (Lipinski definition) is 0. The normalized spacial score (nSPS) is 13.9. The van der Waals surface area contributed by atoms with Crippen molar-refractivity contribution in [3.8, 4) is 0 Å². The van der Waals surface area contributed by atoms with E-state index in [4.69, 9.17) is 11.6 Å². The number of hydrazone groups is 1. The highest BCUT2D eigenvalue weighted by molar-refractivity contribution is 6.32. The van der Waals surface area contributed by atoms with E-state index in [0.29, 0.717) is 16.7 Å². The summed E-state index contributed by atoms with van der Waals surface area (Å²) in [5, 5.41) is 6.05. The molecule has 1 aliphatic heterocycles. The first kappa shape index (κ1) is 15.5. The number of carbonyl (C=O) groups is 2. The summed E-state index contributed by atoms with van der Waals surface area (Å²) in [5.74, 6) is -0.894. The molecular formula is C19H12ClN3O2. The van der Waals surface area contributed by atoms with Gasteiger partial charge in [0.2, 0.25) is 0 Å². The Balaban J connectivity index is 1.70. The number of imide groups is 1. The Kier molecular flexibility index (Phi) is 3.58. The van der Waals surface area contributed by atoms with Crippen LogP contribution in [0.1, 0.15) is 31.8 Å². The van der Waals surface area contributed by atoms with E-state index in [-0.39, 0.29) is 5.15 Å². The van der Waals surface area contributed by atoms with Crippen molar-refractivity contribution in [2.45, 2.75) is 6.92 Å². The molecule has 3 aromatic rings. The molecule has 2 amide bonds. The minimum Gasteiger partial charge on any atom is -0.267 e. The number of aryl methyl sites for hydroxylation is 1. The maximum atomic E-state index is 12.3. The van der Waals surface area contributed by atoms with Crippen molar-refractivity contribution >= 4 is 40.5 Å². The highest BCUT2D eigenvalue weighted by atomic mass is 35.5. The number of aromatic nitrogens is 1. The first-order chi connectivity index (χ1) is 12.0. The van der Waals surface area contributed by atoms with Crippen LogP contribution in [0.4, 0.5) is 0 Å². The molecule has 0 atom stereocenters. The van der Waals surface area contributed by atoms with E-state index < -0.39 is 11.8 Å². The number of hydrogen-bond acceptors (Lipinski definition) is 4. The summed E-state index contributed by atoms with van der Waals surface area (Å²) < 4.78 is 0. The van der Waals surface area contributed by atoms with Gasteiger partial charge in [0.1, 0.15) is 5.15 Å². The molecular weight excluding hydrogens is 338 g/mol. The predicted molar refractivity (Wildman–Crippen MR) is 96.0 cm³/mol. The Labute approximate surface area is 148 Å². The summed E-state index contributed by atoms with van der Waals surface area (Å²) in [5.41, 5.74) is 3.10. The second-order valence-corrected chi connectivity index (χ2v) is 6.13.